The lowest BCUT2D eigenvalue weighted by Gasteiger charge is -2.07. The Hall–Kier alpha value is -0.290. The summed E-state index contributed by atoms with van der Waals surface area (Å²) in [5.74, 6) is -0.187. The molecule has 0 spiro atoms. The first kappa shape index (κ1) is 10.8. The average molecular weight is 284 g/mol. The Morgan fingerprint density at radius 2 is 2.08 bits per heavy atom. The Labute approximate surface area is 93.3 Å². The Morgan fingerprint density at radius 1 is 1.46 bits per heavy atom. The van der Waals surface area contributed by atoms with E-state index in [1.54, 1.807) is 11.5 Å². The van der Waals surface area contributed by atoms with Crippen molar-refractivity contribution < 1.29 is 5.21 Å². The Bertz CT molecular complexity index is 333. The molecule has 0 atom stereocenters. The highest BCUT2D eigenvalue weighted by Crippen LogP contribution is 2.28. The van der Waals surface area contributed by atoms with Crippen LogP contribution in [0.15, 0.2) is 16.6 Å². The number of hydrogen-bond acceptors (Lipinski definition) is 2. The van der Waals surface area contributed by atoms with Gasteiger partial charge in [-0.1, -0.05) is 23.2 Å². The fourth-order valence-electron chi connectivity index (χ4n) is 0.837. The maximum atomic E-state index is 8.52. The second-order valence-electron chi connectivity index (χ2n) is 2.23. The fourth-order valence-corrected chi connectivity index (χ4v) is 2.33. The molecule has 1 aromatic carbocycles. The summed E-state index contributed by atoms with van der Waals surface area (Å²) < 4.78 is 0.552. The highest BCUT2D eigenvalue weighted by atomic mass is 79.9. The van der Waals surface area contributed by atoms with Crippen molar-refractivity contribution in [2.24, 2.45) is 0 Å². The van der Waals surface area contributed by atoms with Crippen LogP contribution in [-0.4, -0.2) is 11.0 Å². The molecule has 0 aliphatic rings. The molecule has 0 radical (unpaired) electrons. The Balaban J connectivity index is 3.28. The van der Waals surface area contributed by atoms with E-state index in [0.717, 1.165) is 0 Å². The van der Waals surface area contributed by atoms with Crippen LogP contribution in [0, 0.1) is 5.41 Å². The van der Waals surface area contributed by atoms with Crippen molar-refractivity contribution in [3.8, 4) is 0 Å². The third-order valence-electron chi connectivity index (χ3n) is 1.37. The monoisotopic (exact) mass is 282 g/mol. The van der Waals surface area contributed by atoms with Gasteiger partial charge in [0.2, 0.25) is 0 Å². The molecule has 13 heavy (non-hydrogen) atoms. The molecule has 6 heteroatoms. The van der Waals surface area contributed by atoms with Crippen LogP contribution in [0.4, 0.5) is 0 Å². The predicted molar refractivity (Wildman–Crippen MR) is 55.9 cm³/mol. The van der Waals surface area contributed by atoms with Crippen LogP contribution in [-0.2, 0) is 0 Å². The summed E-state index contributed by atoms with van der Waals surface area (Å²) in [7, 11) is 0. The van der Waals surface area contributed by atoms with Crippen molar-refractivity contribution in [3.05, 3.63) is 32.2 Å². The predicted octanol–water partition coefficient (Wildman–Crippen LogP) is 3.06. The molecule has 0 heterocycles. The number of halogens is 3. The van der Waals surface area contributed by atoms with E-state index in [0.29, 0.717) is 20.1 Å². The van der Waals surface area contributed by atoms with Crippen molar-refractivity contribution in [2.45, 2.75) is 0 Å². The summed E-state index contributed by atoms with van der Waals surface area (Å²) in [6.07, 6.45) is 0. The number of rotatable bonds is 1. The second-order valence-corrected chi connectivity index (χ2v) is 3.93. The number of benzene rings is 1. The van der Waals surface area contributed by atoms with Crippen LogP contribution in [0.5, 0.6) is 0 Å². The molecule has 0 bridgehead atoms. The summed E-state index contributed by atoms with van der Waals surface area (Å²) >= 11 is 14.7. The second kappa shape index (κ2) is 4.28. The van der Waals surface area contributed by atoms with Gasteiger partial charge in [-0.15, -0.1) is 0 Å². The zero-order valence-electron chi connectivity index (χ0n) is 6.24. The van der Waals surface area contributed by atoms with E-state index in [1.165, 1.54) is 6.07 Å². The van der Waals surface area contributed by atoms with E-state index in [1.807, 2.05) is 0 Å². The minimum Gasteiger partial charge on any atom is -0.290 e. The molecule has 3 nitrogen and oxygen atoms in total. The van der Waals surface area contributed by atoms with Crippen molar-refractivity contribution >= 4 is 45.0 Å². The molecule has 0 amide bonds. The van der Waals surface area contributed by atoms with Gasteiger partial charge in [0.15, 0.2) is 5.84 Å². The van der Waals surface area contributed by atoms with Crippen molar-refractivity contribution in [1.29, 1.82) is 5.41 Å². The normalized spacial score (nSPS) is 9.85. The zero-order chi connectivity index (χ0) is 10.0. The summed E-state index contributed by atoms with van der Waals surface area (Å²) in [4.78, 5) is 0. The van der Waals surface area contributed by atoms with Gasteiger partial charge in [-0.2, -0.15) is 0 Å². The van der Waals surface area contributed by atoms with Crippen LogP contribution in [0.1, 0.15) is 5.56 Å². The van der Waals surface area contributed by atoms with Crippen LogP contribution < -0.4 is 5.48 Å². The van der Waals surface area contributed by atoms with Crippen LogP contribution in [0.2, 0.25) is 10.0 Å². The van der Waals surface area contributed by atoms with E-state index in [4.69, 9.17) is 33.8 Å². The standard InChI is InChI=1S/C7H5BrCl2N2O/c8-4-1-3(9)2-5(10)6(4)7(11)12-13/h1-2,13H,(H2,11,12). The number of hydroxylamine groups is 1. The average Bonchev–Trinajstić information content (AvgIpc) is 2.02. The van der Waals surface area contributed by atoms with E-state index in [9.17, 15) is 0 Å². The molecule has 1 rings (SSSR count). The molecule has 0 aromatic heterocycles. The number of amidine groups is 1. The topological polar surface area (TPSA) is 56.1 Å². The minimum absolute atomic E-state index is 0.187. The molecule has 0 aliphatic heterocycles. The highest BCUT2D eigenvalue weighted by Gasteiger charge is 2.11. The Morgan fingerprint density at radius 3 is 2.54 bits per heavy atom. The number of nitrogens with one attached hydrogen (secondary N) is 2. The van der Waals surface area contributed by atoms with Gasteiger partial charge in [0.25, 0.3) is 0 Å². The largest absolute Gasteiger partial charge is 0.290 e. The van der Waals surface area contributed by atoms with Gasteiger partial charge in [-0.3, -0.25) is 16.1 Å². The highest BCUT2D eigenvalue weighted by molar-refractivity contribution is 9.10. The quantitative estimate of drug-likeness (QED) is 0.421. The first-order chi connectivity index (χ1) is 6.06. The summed E-state index contributed by atoms with van der Waals surface area (Å²) in [5.41, 5.74) is 2.08. The lowest BCUT2D eigenvalue weighted by Crippen LogP contribution is -2.19. The van der Waals surface area contributed by atoms with Crippen LogP contribution in [0.25, 0.3) is 0 Å². The van der Waals surface area contributed by atoms with Crippen LogP contribution >= 0.6 is 39.1 Å². The van der Waals surface area contributed by atoms with Gasteiger partial charge in [0.05, 0.1) is 10.6 Å². The lowest BCUT2D eigenvalue weighted by molar-refractivity contribution is 0.234. The van der Waals surface area contributed by atoms with Gasteiger partial charge in [0.1, 0.15) is 0 Å². The van der Waals surface area contributed by atoms with Gasteiger partial charge in [-0.25, -0.2) is 0 Å². The smallest absolute Gasteiger partial charge is 0.152 e. The molecular formula is C7H5BrCl2N2O. The SMILES string of the molecule is N=C(NO)c1c(Cl)cc(Cl)cc1Br. The van der Waals surface area contributed by atoms with E-state index < -0.39 is 0 Å². The van der Waals surface area contributed by atoms with Gasteiger partial charge < -0.3 is 0 Å². The van der Waals surface area contributed by atoms with E-state index >= 15 is 0 Å². The Kier molecular flexibility index (Phi) is 3.55. The molecule has 0 unspecified atom stereocenters. The molecule has 0 aliphatic carbocycles. The first-order valence-electron chi connectivity index (χ1n) is 3.20. The van der Waals surface area contributed by atoms with Gasteiger partial charge >= 0.3 is 0 Å². The van der Waals surface area contributed by atoms with Crippen molar-refractivity contribution in [1.82, 2.24) is 5.48 Å². The first-order valence-corrected chi connectivity index (χ1v) is 4.74. The molecule has 70 valence electrons. The summed E-state index contributed by atoms with van der Waals surface area (Å²) in [6, 6.07) is 3.09. The minimum atomic E-state index is -0.187. The fraction of sp³-hybridized carbons (Fsp3) is 0. The summed E-state index contributed by atoms with van der Waals surface area (Å²) in [5, 5.41) is 16.6. The maximum absolute atomic E-state index is 8.52. The van der Waals surface area contributed by atoms with Crippen molar-refractivity contribution in [3.63, 3.8) is 0 Å². The molecular weight excluding hydrogens is 279 g/mol. The zero-order valence-corrected chi connectivity index (χ0v) is 9.33. The molecule has 0 saturated carbocycles. The van der Waals surface area contributed by atoms with Crippen LogP contribution in [0.3, 0.4) is 0 Å². The molecule has 0 saturated heterocycles. The lowest BCUT2D eigenvalue weighted by atomic mass is 10.2. The molecule has 1 aromatic rings. The summed E-state index contributed by atoms with van der Waals surface area (Å²) in [6.45, 7) is 0. The number of hydrogen-bond donors (Lipinski definition) is 3. The van der Waals surface area contributed by atoms with E-state index in [-0.39, 0.29) is 5.84 Å². The van der Waals surface area contributed by atoms with Gasteiger partial charge in [-0.05, 0) is 28.1 Å². The third-order valence-corrected chi connectivity index (χ3v) is 2.51. The third kappa shape index (κ3) is 2.34. The van der Waals surface area contributed by atoms with E-state index in [2.05, 4.69) is 15.9 Å². The van der Waals surface area contributed by atoms with Crippen molar-refractivity contribution in [2.75, 3.05) is 0 Å². The molecule has 3 N–H and O–H groups in total. The maximum Gasteiger partial charge on any atom is 0.152 e. The van der Waals surface area contributed by atoms with Gasteiger partial charge in [0, 0.05) is 9.50 Å². The molecule has 0 fully saturated rings.